The summed E-state index contributed by atoms with van der Waals surface area (Å²) in [6.45, 7) is 0. The number of aliphatic hydroxyl groups excluding tert-OH is 1. The number of esters is 3. The summed E-state index contributed by atoms with van der Waals surface area (Å²) in [5, 5.41) is 9.52. The smallest absolute Gasteiger partial charge is 0.336 e. The first-order valence-electron chi connectivity index (χ1n) is 5.53. The number of carbonyl (C=O) groups is 3. The van der Waals surface area contributed by atoms with E-state index in [2.05, 4.69) is 14.2 Å². The first-order chi connectivity index (χ1) is 8.96. The zero-order valence-electron chi connectivity index (χ0n) is 10.8. The van der Waals surface area contributed by atoms with Gasteiger partial charge in [0, 0.05) is 6.42 Å². The van der Waals surface area contributed by atoms with Crippen molar-refractivity contribution in [1.29, 1.82) is 0 Å². The molecule has 4 unspecified atom stereocenters. The van der Waals surface area contributed by atoms with Gasteiger partial charge in [0.05, 0.1) is 27.2 Å². The van der Waals surface area contributed by atoms with Gasteiger partial charge in [-0.3, -0.25) is 9.59 Å². The second-order valence-corrected chi connectivity index (χ2v) is 3.95. The molecular formula is C11H16O8. The molecule has 0 aliphatic carbocycles. The van der Waals surface area contributed by atoms with Crippen LogP contribution >= 0.6 is 0 Å². The van der Waals surface area contributed by atoms with Gasteiger partial charge in [0.15, 0.2) is 12.4 Å². The summed E-state index contributed by atoms with van der Waals surface area (Å²) >= 11 is 0. The van der Waals surface area contributed by atoms with Crippen LogP contribution in [0.5, 0.6) is 0 Å². The fourth-order valence-corrected chi connectivity index (χ4v) is 2.02. The molecule has 1 saturated heterocycles. The molecule has 0 bridgehead atoms. The van der Waals surface area contributed by atoms with Crippen LogP contribution in [0, 0.1) is 11.8 Å². The van der Waals surface area contributed by atoms with Crippen LogP contribution in [-0.2, 0) is 33.3 Å². The number of methoxy groups -OCH3 is 3. The van der Waals surface area contributed by atoms with Crippen LogP contribution < -0.4 is 0 Å². The number of carbonyl (C=O) groups excluding carboxylic acids is 3. The molecule has 1 rings (SSSR count). The molecule has 0 aromatic carbocycles. The van der Waals surface area contributed by atoms with E-state index in [-0.39, 0.29) is 6.42 Å². The molecule has 0 amide bonds. The molecule has 1 aliphatic rings. The molecule has 0 aromatic heterocycles. The average Bonchev–Trinajstić information content (AvgIpc) is 2.43. The summed E-state index contributed by atoms with van der Waals surface area (Å²) in [4.78, 5) is 35.0. The van der Waals surface area contributed by atoms with E-state index in [1.165, 1.54) is 0 Å². The Bertz CT molecular complexity index is 340. The van der Waals surface area contributed by atoms with Gasteiger partial charge in [0.2, 0.25) is 0 Å². The highest BCUT2D eigenvalue weighted by Crippen LogP contribution is 2.32. The van der Waals surface area contributed by atoms with E-state index in [4.69, 9.17) is 4.74 Å². The summed E-state index contributed by atoms with van der Waals surface area (Å²) in [5.74, 6) is -4.66. The summed E-state index contributed by atoms with van der Waals surface area (Å²) in [6, 6.07) is 0. The van der Waals surface area contributed by atoms with Crippen molar-refractivity contribution in [2.75, 3.05) is 21.3 Å². The van der Waals surface area contributed by atoms with E-state index in [1.807, 2.05) is 0 Å². The highest BCUT2D eigenvalue weighted by Gasteiger charge is 2.50. The maximum Gasteiger partial charge on any atom is 0.336 e. The van der Waals surface area contributed by atoms with Crippen molar-refractivity contribution in [2.24, 2.45) is 11.8 Å². The minimum absolute atomic E-state index is 0.167. The normalized spacial score (nSPS) is 30.3. The van der Waals surface area contributed by atoms with Gasteiger partial charge in [-0.2, -0.15) is 0 Å². The zero-order valence-corrected chi connectivity index (χ0v) is 10.8. The molecule has 0 aromatic rings. The molecule has 8 nitrogen and oxygen atoms in total. The van der Waals surface area contributed by atoms with Gasteiger partial charge in [-0.25, -0.2) is 4.79 Å². The van der Waals surface area contributed by atoms with E-state index in [9.17, 15) is 19.5 Å². The third-order valence-electron chi connectivity index (χ3n) is 2.93. The van der Waals surface area contributed by atoms with E-state index < -0.39 is 42.1 Å². The van der Waals surface area contributed by atoms with Crippen LogP contribution in [0.1, 0.15) is 6.42 Å². The SMILES string of the molecule is COC(=O)C1CC(O)OC(C(=O)OC)C1C(=O)OC. The monoisotopic (exact) mass is 276 g/mol. The maximum atomic E-state index is 11.7. The van der Waals surface area contributed by atoms with E-state index >= 15 is 0 Å². The summed E-state index contributed by atoms with van der Waals surface area (Å²) in [6.07, 6.45) is -2.95. The van der Waals surface area contributed by atoms with Gasteiger partial charge in [-0.05, 0) is 0 Å². The van der Waals surface area contributed by atoms with Crippen molar-refractivity contribution in [1.82, 2.24) is 0 Å². The number of hydrogen-bond acceptors (Lipinski definition) is 8. The third kappa shape index (κ3) is 3.21. The Kier molecular flexibility index (Phi) is 5.25. The average molecular weight is 276 g/mol. The molecule has 0 saturated carbocycles. The molecule has 0 radical (unpaired) electrons. The van der Waals surface area contributed by atoms with Crippen LogP contribution in [0.3, 0.4) is 0 Å². The third-order valence-corrected chi connectivity index (χ3v) is 2.93. The maximum absolute atomic E-state index is 11.7. The largest absolute Gasteiger partial charge is 0.469 e. The van der Waals surface area contributed by atoms with Gasteiger partial charge in [0.1, 0.15) is 5.92 Å². The minimum atomic E-state index is -1.41. The van der Waals surface area contributed by atoms with Crippen molar-refractivity contribution in [2.45, 2.75) is 18.8 Å². The van der Waals surface area contributed by atoms with Gasteiger partial charge in [-0.15, -0.1) is 0 Å². The van der Waals surface area contributed by atoms with Gasteiger partial charge >= 0.3 is 17.9 Å². The molecule has 1 aliphatic heterocycles. The Labute approximate surface area is 109 Å². The predicted molar refractivity (Wildman–Crippen MR) is 58.5 cm³/mol. The fourth-order valence-electron chi connectivity index (χ4n) is 2.02. The Morgan fingerprint density at radius 2 is 1.53 bits per heavy atom. The van der Waals surface area contributed by atoms with Crippen molar-refractivity contribution in [3.05, 3.63) is 0 Å². The highest BCUT2D eigenvalue weighted by molar-refractivity contribution is 5.88. The summed E-state index contributed by atoms with van der Waals surface area (Å²) in [7, 11) is 3.37. The molecule has 4 atom stereocenters. The van der Waals surface area contributed by atoms with Gasteiger partial charge < -0.3 is 24.1 Å². The van der Waals surface area contributed by atoms with Crippen LogP contribution in [0.4, 0.5) is 0 Å². The predicted octanol–water partition coefficient (Wildman–Crippen LogP) is -1.15. The molecular weight excluding hydrogens is 260 g/mol. The van der Waals surface area contributed by atoms with Gasteiger partial charge in [-0.1, -0.05) is 0 Å². The molecule has 1 heterocycles. The molecule has 0 spiro atoms. The Hall–Kier alpha value is -1.67. The lowest BCUT2D eigenvalue weighted by Crippen LogP contribution is -2.52. The topological polar surface area (TPSA) is 108 Å². The Morgan fingerprint density at radius 3 is 2.00 bits per heavy atom. The lowest BCUT2D eigenvalue weighted by molar-refractivity contribution is -0.222. The lowest BCUT2D eigenvalue weighted by atomic mass is 9.82. The van der Waals surface area contributed by atoms with Crippen LogP contribution in [0.25, 0.3) is 0 Å². The van der Waals surface area contributed by atoms with E-state index in [1.54, 1.807) is 0 Å². The minimum Gasteiger partial charge on any atom is -0.469 e. The van der Waals surface area contributed by atoms with Crippen molar-refractivity contribution < 1.29 is 38.4 Å². The Morgan fingerprint density at radius 1 is 1.00 bits per heavy atom. The van der Waals surface area contributed by atoms with Crippen LogP contribution in [0.15, 0.2) is 0 Å². The number of ether oxygens (including phenoxy) is 4. The van der Waals surface area contributed by atoms with E-state index in [0.29, 0.717) is 0 Å². The molecule has 1 fully saturated rings. The molecule has 8 heteroatoms. The van der Waals surface area contributed by atoms with Crippen LogP contribution in [0.2, 0.25) is 0 Å². The summed E-state index contributed by atoms with van der Waals surface area (Å²) in [5.41, 5.74) is 0. The number of aliphatic hydroxyl groups is 1. The second kappa shape index (κ2) is 6.48. The number of hydrogen-bond donors (Lipinski definition) is 1. The first-order valence-corrected chi connectivity index (χ1v) is 5.53. The lowest BCUT2D eigenvalue weighted by Gasteiger charge is -2.35. The zero-order chi connectivity index (χ0) is 14.6. The molecule has 1 N–H and O–H groups in total. The number of rotatable bonds is 3. The van der Waals surface area contributed by atoms with E-state index in [0.717, 1.165) is 21.3 Å². The second-order valence-electron chi connectivity index (χ2n) is 3.95. The fraction of sp³-hybridized carbons (Fsp3) is 0.727. The van der Waals surface area contributed by atoms with Crippen LogP contribution in [-0.4, -0.2) is 56.7 Å². The molecule has 108 valence electrons. The quantitative estimate of drug-likeness (QED) is 0.508. The summed E-state index contributed by atoms with van der Waals surface area (Å²) < 4.78 is 18.6. The Balaban J connectivity index is 3.09. The van der Waals surface area contributed by atoms with Crippen molar-refractivity contribution >= 4 is 17.9 Å². The first kappa shape index (κ1) is 15.4. The van der Waals surface area contributed by atoms with Gasteiger partial charge in [0.25, 0.3) is 0 Å². The van der Waals surface area contributed by atoms with Crippen molar-refractivity contribution in [3.63, 3.8) is 0 Å². The van der Waals surface area contributed by atoms with Crippen molar-refractivity contribution in [3.8, 4) is 0 Å². The standard InChI is InChI=1S/C11H16O8/c1-16-9(13)5-4-6(12)19-8(11(15)18-3)7(5)10(14)17-2/h5-8,12H,4H2,1-3H3. The molecule has 19 heavy (non-hydrogen) atoms. The highest BCUT2D eigenvalue weighted by atomic mass is 16.6.